The number of rotatable bonds is 5. The predicted molar refractivity (Wildman–Crippen MR) is 78.1 cm³/mol. The summed E-state index contributed by atoms with van der Waals surface area (Å²) in [7, 11) is -3.85. The van der Waals surface area contributed by atoms with Crippen LogP contribution in [-0.4, -0.2) is 18.0 Å². The van der Waals surface area contributed by atoms with Gasteiger partial charge in [0.2, 0.25) is 0 Å². The van der Waals surface area contributed by atoms with Gasteiger partial charge >= 0.3 is 0 Å². The fourth-order valence-electron chi connectivity index (χ4n) is 1.96. The minimum absolute atomic E-state index is 0.0244. The molecule has 1 aromatic heterocycles. The Morgan fingerprint density at radius 2 is 2.14 bits per heavy atom. The monoisotopic (exact) mass is 331 g/mol. The number of benzene rings is 1. The summed E-state index contributed by atoms with van der Waals surface area (Å²) in [5.74, 6) is 0.118. The van der Waals surface area contributed by atoms with Crippen LogP contribution in [0.5, 0.6) is 0 Å². The van der Waals surface area contributed by atoms with Gasteiger partial charge in [0, 0.05) is 19.2 Å². The largest absolute Gasteiger partial charge is 0.329 e. The van der Waals surface area contributed by atoms with Crippen molar-refractivity contribution in [1.82, 2.24) is 9.55 Å². The molecule has 0 saturated carbocycles. The lowest BCUT2D eigenvalue weighted by atomic mass is 10.2. The molecule has 0 bridgehead atoms. The van der Waals surface area contributed by atoms with E-state index in [0.717, 1.165) is 12.0 Å². The summed E-state index contributed by atoms with van der Waals surface area (Å²) in [5, 5.41) is 4.96. The molecule has 0 spiro atoms. The Bertz CT molecular complexity index is 759. The summed E-state index contributed by atoms with van der Waals surface area (Å²) >= 11 is 5.74. The second-order valence-corrected chi connectivity index (χ2v) is 6.58. The number of halogens is 2. The van der Waals surface area contributed by atoms with Crippen LogP contribution in [-0.2, 0) is 23.0 Å². The third kappa shape index (κ3) is 3.81. The van der Waals surface area contributed by atoms with E-state index in [1.54, 1.807) is 10.6 Å². The lowest BCUT2D eigenvalue weighted by molar-refractivity contribution is 0.594. The Balaban J connectivity index is 2.37. The summed E-state index contributed by atoms with van der Waals surface area (Å²) in [6.45, 7) is 2.31. The zero-order valence-electron chi connectivity index (χ0n) is 11.4. The van der Waals surface area contributed by atoms with Crippen LogP contribution >= 0.6 is 11.6 Å². The molecule has 0 aliphatic carbocycles. The van der Waals surface area contributed by atoms with Crippen molar-refractivity contribution >= 4 is 21.6 Å². The number of nitrogens with zero attached hydrogens (tertiary/aromatic N) is 2. The van der Waals surface area contributed by atoms with E-state index in [9.17, 15) is 12.8 Å². The van der Waals surface area contributed by atoms with Crippen molar-refractivity contribution in [3.8, 4) is 0 Å². The smallest absolute Gasteiger partial charge is 0.257 e. The Labute approximate surface area is 127 Å². The average molecular weight is 332 g/mol. The van der Waals surface area contributed by atoms with Crippen LogP contribution < -0.4 is 5.14 Å². The van der Waals surface area contributed by atoms with E-state index in [1.807, 2.05) is 6.92 Å². The first kappa shape index (κ1) is 15.9. The molecule has 5 nitrogen and oxygen atoms in total. The maximum atomic E-state index is 13.2. The van der Waals surface area contributed by atoms with Crippen molar-refractivity contribution in [2.75, 3.05) is 0 Å². The van der Waals surface area contributed by atoms with Crippen molar-refractivity contribution in [3.63, 3.8) is 0 Å². The zero-order chi connectivity index (χ0) is 15.6. The first-order valence-electron chi connectivity index (χ1n) is 6.34. The predicted octanol–water partition coefficient (Wildman–Crippen LogP) is 2.32. The Hall–Kier alpha value is -1.44. The summed E-state index contributed by atoms with van der Waals surface area (Å²) in [5.41, 5.74) is 0.747. The molecule has 1 aromatic carbocycles. The zero-order valence-corrected chi connectivity index (χ0v) is 13.0. The van der Waals surface area contributed by atoms with Crippen LogP contribution in [0.4, 0.5) is 4.39 Å². The van der Waals surface area contributed by atoms with Gasteiger partial charge in [0.05, 0.1) is 5.02 Å². The topological polar surface area (TPSA) is 78.0 Å². The normalized spacial score (nSPS) is 11.8. The average Bonchev–Trinajstić information content (AvgIpc) is 2.78. The number of sulfonamides is 1. The van der Waals surface area contributed by atoms with Crippen LogP contribution in [0.25, 0.3) is 0 Å². The molecule has 0 aliphatic heterocycles. The molecule has 0 amide bonds. The van der Waals surface area contributed by atoms with Gasteiger partial charge in [-0.3, -0.25) is 0 Å². The highest BCUT2D eigenvalue weighted by Gasteiger charge is 2.16. The van der Waals surface area contributed by atoms with E-state index in [0.29, 0.717) is 18.8 Å². The fourth-order valence-corrected chi connectivity index (χ4v) is 2.67. The third-order valence-electron chi connectivity index (χ3n) is 2.94. The number of hydrogen-bond acceptors (Lipinski definition) is 3. The highest BCUT2D eigenvalue weighted by Crippen LogP contribution is 2.18. The number of hydrogen-bond donors (Lipinski definition) is 1. The quantitative estimate of drug-likeness (QED) is 0.913. The molecule has 0 fully saturated rings. The van der Waals surface area contributed by atoms with E-state index >= 15 is 0 Å². The molecular weight excluding hydrogens is 317 g/mol. The van der Waals surface area contributed by atoms with Crippen LogP contribution in [0.1, 0.15) is 24.7 Å². The Morgan fingerprint density at radius 1 is 1.43 bits per heavy atom. The SMILES string of the molecule is CCCc1nc(S(N)(=O)=O)cn1Cc1ccc(F)c(Cl)c1. The highest BCUT2D eigenvalue weighted by atomic mass is 35.5. The molecule has 1 heterocycles. The summed E-state index contributed by atoms with van der Waals surface area (Å²) in [4.78, 5) is 4.05. The standard InChI is InChI=1S/C13H15ClFN3O2S/c1-2-3-12-17-13(21(16,19)20)8-18(12)7-9-4-5-11(15)10(14)6-9/h4-6,8H,2-3,7H2,1H3,(H2,16,19,20). The number of aromatic nitrogens is 2. The van der Waals surface area contributed by atoms with Crippen LogP contribution in [0.3, 0.4) is 0 Å². The molecule has 2 rings (SSSR count). The Morgan fingerprint density at radius 3 is 2.71 bits per heavy atom. The Kier molecular flexibility index (Phi) is 4.65. The molecule has 0 unspecified atom stereocenters. The van der Waals surface area contributed by atoms with Crippen molar-refractivity contribution in [1.29, 1.82) is 0 Å². The third-order valence-corrected chi connectivity index (χ3v) is 4.01. The molecule has 0 saturated heterocycles. The molecule has 0 radical (unpaired) electrons. The number of imidazole rings is 1. The summed E-state index contributed by atoms with van der Waals surface area (Å²) in [6, 6.07) is 4.37. The minimum Gasteiger partial charge on any atom is -0.329 e. The molecule has 2 aromatic rings. The second kappa shape index (κ2) is 6.13. The van der Waals surface area contributed by atoms with E-state index in [1.165, 1.54) is 18.3 Å². The maximum Gasteiger partial charge on any atom is 0.257 e. The van der Waals surface area contributed by atoms with Crippen LogP contribution in [0, 0.1) is 5.82 Å². The number of nitrogens with two attached hydrogens (primary N) is 1. The van der Waals surface area contributed by atoms with Gasteiger partial charge in [0.15, 0.2) is 5.03 Å². The van der Waals surface area contributed by atoms with Gasteiger partial charge in [-0.05, 0) is 24.1 Å². The lowest BCUT2D eigenvalue weighted by Crippen LogP contribution is -2.12. The second-order valence-electron chi connectivity index (χ2n) is 4.67. The van der Waals surface area contributed by atoms with Gasteiger partial charge in [-0.2, -0.15) is 0 Å². The van der Waals surface area contributed by atoms with E-state index in [-0.39, 0.29) is 10.0 Å². The van der Waals surface area contributed by atoms with Crippen molar-refractivity contribution < 1.29 is 12.8 Å². The lowest BCUT2D eigenvalue weighted by Gasteiger charge is -2.07. The summed E-state index contributed by atoms with van der Waals surface area (Å²) < 4.78 is 37.6. The van der Waals surface area contributed by atoms with Crippen molar-refractivity contribution in [3.05, 3.63) is 46.6 Å². The highest BCUT2D eigenvalue weighted by molar-refractivity contribution is 7.89. The first-order valence-corrected chi connectivity index (χ1v) is 8.26. The van der Waals surface area contributed by atoms with E-state index < -0.39 is 15.8 Å². The number of primary sulfonamides is 1. The van der Waals surface area contributed by atoms with E-state index in [2.05, 4.69) is 4.98 Å². The molecular formula is C13H15ClFN3O2S. The van der Waals surface area contributed by atoms with Gasteiger partial charge in [0.25, 0.3) is 10.0 Å². The molecule has 0 aliphatic rings. The maximum absolute atomic E-state index is 13.2. The molecule has 8 heteroatoms. The molecule has 114 valence electrons. The van der Waals surface area contributed by atoms with Gasteiger partial charge in [-0.15, -0.1) is 0 Å². The first-order chi connectivity index (χ1) is 9.81. The van der Waals surface area contributed by atoms with Crippen molar-refractivity contribution in [2.45, 2.75) is 31.3 Å². The number of aryl methyl sites for hydroxylation is 1. The molecule has 2 N–H and O–H groups in total. The van der Waals surface area contributed by atoms with Gasteiger partial charge < -0.3 is 4.57 Å². The van der Waals surface area contributed by atoms with Gasteiger partial charge in [-0.1, -0.05) is 24.6 Å². The van der Waals surface area contributed by atoms with Gasteiger partial charge in [0.1, 0.15) is 11.6 Å². The van der Waals surface area contributed by atoms with Crippen LogP contribution in [0.2, 0.25) is 5.02 Å². The van der Waals surface area contributed by atoms with Crippen molar-refractivity contribution in [2.24, 2.45) is 5.14 Å². The molecule has 0 atom stereocenters. The van der Waals surface area contributed by atoms with Crippen LogP contribution in [0.15, 0.2) is 29.4 Å². The fraction of sp³-hybridized carbons (Fsp3) is 0.308. The summed E-state index contributed by atoms with van der Waals surface area (Å²) in [6.07, 6.45) is 2.81. The minimum atomic E-state index is -3.85. The molecule has 21 heavy (non-hydrogen) atoms. The van der Waals surface area contributed by atoms with Gasteiger partial charge in [-0.25, -0.2) is 22.9 Å². The van der Waals surface area contributed by atoms with E-state index in [4.69, 9.17) is 16.7 Å².